The van der Waals surface area contributed by atoms with E-state index < -0.39 is 16.6 Å². The SMILES string of the molecule is COc1cccc2c1/C(=C/C1=C(Cl)C=CCC1(C)Cl)C(=O)N2c1ccc(C(=O)O)c(O)c1. The van der Waals surface area contributed by atoms with Gasteiger partial charge in [0.15, 0.2) is 0 Å². The van der Waals surface area contributed by atoms with Gasteiger partial charge in [-0.25, -0.2) is 4.79 Å². The summed E-state index contributed by atoms with van der Waals surface area (Å²) in [7, 11) is 1.51. The Morgan fingerprint density at radius 1 is 1.28 bits per heavy atom. The van der Waals surface area contributed by atoms with E-state index >= 15 is 0 Å². The van der Waals surface area contributed by atoms with Crippen molar-refractivity contribution in [2.24, 2.45) is 0 Å². The van der Waals surface area contributed by atoms with Crippen LogP contribution in [0.4, 0.5) is 11.4 Å². The molecule has 1 aliphatic carbocycles. The van der Waals surface area contributed by atoms with Crippen LogP contribution in [0, 0.1) is 0 Å². The number of hydrogen-bond acceptors (Lipinski definition) is 4. The number of amides is 1. The number of halogens is 2. The number of aromatic hydroxyl groups is 1. The molecule has 2 aromatic carbocycles. The van der Waals surface area contributed by atoms with Gasteiger partial charge in [-0.1, -0.05) is 23.7 Å². The molecule has 0 saturated carbocycles. The molecule has 1 atom stereocenters. The second-order valence-corrected chi connectivity index (χ2v) is 8.87. The molecule has 8 heteroatoms. The molecule has 2 N–H and O–H groups in total. The number of rotatable bonds is 4. The van der Waals surface area contributed by atoms with E-state index in [0.29, 0.717) is 45.3 Å². The number of ether oxygens (including phenoxy) is 1. The fourth-order valence-corrected chi connectivity index (χ4v) is 4.56. The van der Waals surface area contributed by atoms with Gasteiger partial charge in [-0.3, -0.25) is 9.69 Å². The van der Waals surface area contributed by atoms with Gasteiger partial charge in [-0.05, 0) is 55.3 Å². The summed E-state index contributed by atoms with van der Waals surface area (Å²) < 4.78 is 5.52. The number of alkyl halides is 1. The van der Waals surface area contributed by atoms with Crippen molar-refractivity contribution in [1.29, 1.82) is 0 Å². The number of fused-ring (bicyclic) bond motifs is 1. The molecule has 1 unspecified atom stereocenters. The lowest BCUT2D eigenvalue weighted by atomic mass is 9.89. The summed E-state index contributed by atoms with van der Waals surface area (Å²) in [4.78, 5) is 25.5. The van der Waals surface area contributed by atoms with E-state index in [1.807, 2.05) is 13.0 Å². The summed E-state index contributed by atoms with van der Waals surface area (Å²) in [5.74, 6) is -1.61. The Labute approximate surface area is 194 Å². The van der Waals surface area contributed by atoms with E-state index in [1.54, 1.807) is 30.4 Å². The lowest BCUT2D eigenvalue weighted by molar-refractivity contribution is -0.112. The Hall–Kier alpha value is -3.22. The lowest BCUT2D eigenvalue weighted by Gasteiger charge is -2.26. The zero-order chi connectivity index (χ0) is 23.2. The van der Waals surface area contributed by atoms with E-state index in [1.165, 1.54) is 30.2 Å². The van der Waals surface area contributed by atoms with Gasteiger partial charge in [0.2, 0.25) is 0 Å². The quantitative estimate of drug-likeness (QED) is 0.446. The van der Waals surface area contributed by atoms with Gasteiger partial charge >= 0.3 is 5.97 Å². The molecular formula is C24H19Cl2NO5. The number of nitrogens with zero attached hydrogens (tertiary/aromatic N) is 1. The maximum absolute atomic E-state index is 13.6. The van der Waals surface area contributed by atoms with Gasteiger partial charge in [-0.2, -0.15) is 0 Å². The zero-order valence-electron chi connectivity index (χ0n) is 17.2. The number of benzene rings is 2. The first-order valence-corrected chi connectivity index (χ1v) is 10.5. The highest BCUT2D eigenvalue weighted by Gasteiger charge is 2.38. The van der Waals surface area contributed by atoms with Gasteiger partial charge in [0.25, 0.3) is 5.91 Å². The minimum absolute atomic E-state index is 0.258. The third-order valence-electron chi connectivity index (χ3n) is 5.51. The molecule has 0 radical (unpaired) electrons. The molecule has 4 rings (SSSR count). The van der Waals surface area contributed by atoms with E-state index in [0.717, 1.165) is 0 Å². The molecule has 0 saturated heterocycles. The van der Waals surface area contributed by atoms with Crippen molar-refractivity contribution in [3.63, 3.8) is 0 Å². The van der Waals surface area contributed by atoms with Crippen LogP contribution in [0.5, 0.6) is 11.5 Å². The number of carboxylic acid groups (broad SMARTS) is 1. The van der Waals surface area contributed by atoms with Crippen LogP contribution in [-0.2, 0) is 4.79 Å². The molecule has 0 fully saturated rings. The van der Waals surface area contributed by atoms with Crippen molar-refractivity contribution < 1.29 is 24.5 Å². The zero-order valence-corrected chi connectivity index (χ0v) is 18.7. The van der Waals surface area contributed by atoms with Gasteiger partial charge in [0, 0.05) is 11.1 Å². The lowest BCUT2D eigenvalue weighted by Crippen LogP contribution is -2.23. The molecule has 164 valence electrons. The van der Waals surface area contributed by atoms with Gasteiger partial charge < -0.3 is 14.9 Å². The fraction of sp³-hybridized carbons (Fsp3) is 0.167. The number of carboxylic acids is 1. The van der Waals surface area contributed by atoms with Crippen LogP contribution < -0.4 is 9.64 Å². The molecule has 1 amide bonds. The van der Waals surface area contributed by atoms with Crippen LogP contribution in [-0.4, -0.2) is 34.1 Å². The van der Waals surface area contributed by atoms with Crippen LogP contribution >= 0.6 is 23.2 Å². The maximum atomic E-state index is 13.6. The standard InChI is InChI=1S/C24H19Cl2NO5/c1-24(26)10-4-5-17(25)16(24)12-15-21-18(6-3-7-20(21)32-2)27(22(15)29)13-8-9-14(23(30)31)19(28)11-13/h3-9,11-12,28H,10H2,1-2H3,(H,30,31)/b15-12-. The minimum atomic E-state index is -1.27. The first-order chi connectivity index (χ1) is 15.2. The van der Waals surface area contributed by atoms with Gasteiger partial charge in [-0.15, -0.1) is 11.6 Å². The second kappa shape index (κ2) is 8.04. The molecular weight excluding hydrogens is 453 g/mol. The second-order valence-electron chi connectivity index (χ2n) is 7.63. The van der Waals surface area contributed by atoms with E-state index in [2.05, 4.69) is 0 Å². The molecule has 2 aromatic rings. The Balaban J connectivity index is 1.93. The van der Waals surface area contributed by atoms with Gasteiger partial charge in [0.05, 0.1) is 34.5 Å². The van der Waals surface area contributed by atoms with Crippen LogP contribution in [0.25, 0.3) is 5.57 Å². The average Bonchev–Trinajstić information content (AvgIpc) is 3.01. The molecule has 0 aromatic heterocycles. The van der Waals surface area contributed by atoms with Crippen molar-refractivity contribution >= 4 is 52.0 Å². The highest BCUT2D eigenvalue weighted by Crippen LogP contribution is 2.48. The smallest absolute Gasteiger partial charge is 0.339 e. The summed E-state index contributed by atoms with van der Waals surface area (Å²) in [6, 6.07) is 9.19. The topological polar surface area (TPSA) is 87.1 Å². The van der Waals surface area contributed by atoms with Crippen molar-refractivity contribution in [3.8, 4) is 11.5 Å². The fourth-order valence-electron chi connectivity index (χ4n) is 3.91. The number of allylic oxidation sites excluding steroid dienone is 5. The molecule has 32 heavy (non-hydrogen) atoms. The van der Waals surface area contributed by atoms with Crippen molar-refractivity contribution in [1.82, 2.24) is 0 Å². The minimum Gasteiger partial charge on any atom is -0.507 e. The van der Waals surface area contributed by atoms with Crippen LogP contribution in [0.15, 0.2) is 65.2 Å². The number of carbonyl (C=O) groups excluding carboxylic acids is 1. The summed E-state index contributed by atoms with van der Waals surface area (Å²) in [6.45, 7) is 1.83. The predicted octanol–water partition coefficient (Wildman–Crippen LogP) is 5.61. The summed E-state index contributed by atoms with van der Waals surface area (Å²) >= 11 is 13.1. The number of carbonyl (C=O) groups is 2. The molecule has 0 bridgehead atoms. The third kappa shape index (κ3) is 3.55. The number of anilines is 2. The van der Waals surface area contributed by atoms with Crippen molar-refractivity contribution in [2.45, 2.75) is 18.2 Å². The highest BCUT2D eigenvalue weighted by atomic mass is 35.5. The molecule has 1 heterocycles. The average molecular weight is 472 g/mol. The normalized spacial score (nSPS) is 21.3. The highest BCUT2D eigenvalue weighted by molar-refractivity contribution is 6.38. The molecule has 2 aliphatic rings. The molecule has 0 spiro atoms. The largest absolute Gasteiger partial charge is 0.507 e. The molecule has 6 nitrogen and oxygen atoms in total. The van der Waals surface area contributed by atoms with Crippen LogP contribution in [0.1, 0.15) is 29.3 Å². The summed E-state index contributed by atoms with van der Waals surface area (Å²) in [5, 5.41) is 19.8. The van der Waals surface area contributed by atoms with Gasteiger partial charge in [0.1, 0.15) is 17.1 Å². The van der Waals surface area contributed by atoms with Crippen LogP contribution in [0.3, 0.4) is 0 Å². The number of methoxy groups -OCH3 is 1. The molecule has 1 aliphatic heterocycles. The van der Waals surface area contributed by atoms with E-state index in [9.17, 15) is 19.8 Å². The number of phenols is 1. The van der Waals surface area contributed by atoms with E-state index in [-0.39, 0.29) is 11.5 Å². The summed E-state index contributed by atoms with van der Waals surface area (Å²) in [5.41, 5.74) is 2.07. The Morgan fingerprint density at radius 2 is 2.03 bits per heavy atom. The Bertz CT molecular complexity index is 1240. The van der Waals surface area contributed by atoms with E-state index in [4.69, 9.17) is 27.9 Å². The first kappa shape index (κ1) is 22.0. The van der Waals surface area contributed by atoms with Crippen molar-refractivity contribution in [2.75, 3.05) is 12.0 Å². The third-order valence-corrected chi connectivity index (χ3v) is 6.20. The predicted molar refractivity (Wildman–Crippen MR) is 124 cm³/mol. The Kier molecular flexibility index (Phi) is 5.53. The number of aromatic carboxylic acids is 1. The maximum Gasteiger partial charge on any atom is 0.339 e. The number of hydrogen-bond donors (Lipinski definition) is 2. The summed E-state index contributed by atoms with van der Waals surface area (Å²) in [6.07, 6.45) is 5.85. The van der Waals surface area contributed by atoms with Crippen molar-refractivity contribution in [3.05, 3.63) is 76.4 Å². The van der Waals surface area contributed by atoms with Crippen LogP contribution in [0.2, 0.25) is 0 Å². The first-order valence-electron chi connectivity index (χ1n) is 9.71. The monoisotopic (exact) mass is 471 g/mol. The Morgan fingerprint density at radius 3 is 2.66 bits per heavy atom.